The molecule has 1 amide bonds. The predicted octanol–water partition coefficient (Wildman–Crippen LogP) is 2.83. The molecule has 2 aliphatic heterocycles. The van der Waals surface area contributed by atoms with E-state index in [0.717, 1.165) is 32.4 Å². The highest BCUT2D eigenvalue weighted by Crippen LogP contribution is 2.26. The van der Waals surface area contributed by atoms with Crippen LogP contribution in [0.4, 0.5) is 0 Å². The Bertz CT molecular complexity index is 523. The Morgan fingerprint density at radius 1 is 1.33 bits per heavy atom. The van der Waals surface area contributed by atoms with Crippen LogP contribution >= 0.6 is 0 Å². The number of carbonyl (C=O) groups is 1. The van der Waals surface area contributed by atoms with Crippen LogP contribution in [0.1, 0.15) is 38.2 Å². The lowest BCUT2D eigenvalue weighted by atomic mass is 10.0. The second-order valence-corrected chi connectivity index (χ2v) is 6.29. The number of nitrogens with zero attached hydrogens (tertiary/aromatic N) is 1. The maximum atomic E-state index is 11.7. The van der Waals surface area contributed by atoms with Crippen LogP contribution in [-0.4, -0.2) is 36.0 Å². The second kappa shape index (κ2) is 6.44. The lowest BCUT2D eigenvalue weighted by Crippen LogP contribution is -2.43. The SMILES string of the molecule is C/C(=C\c1ccccc1)CN1CC[C@H]2NC(=O)CCC[C@H]21. The normalized spacial score (nSPS) is 27.1. The Balaban J connectivity index is 1.65. The molecule has 1 aromatic rings. The molecule has 1 N–H and O–H groups in total. The first-order valence-corrected chi connectivity index (χ1v) is 7.98. The molecule has 2 atom stereocenters. The number of hydrogen-bond acceptors (Lipinski definition) is 2. The average Bonchev–Trinajstić information content (AvgIpc) is 2.72. The zero-order valence-corrected chi connectivity index (χ0v) is 12.7. The van der Waals surface area contributed by atoms with Crippen molar-refractivity contribution >= 4 is 12.0 Å². The van der Waals surface area contributed by atoms with E-state index in [0.29, 0.717) is 18.5 Å². The van der Waals surface area contributed by atoms with E-state index in [1.807, 2.05) is 6.07 Å². The van der Waals surface area contributed by atoms with Crippen molar-refractivity contribution in [2.24, 2.45) is 0 Å². The van der Waals surface area contributed by atoms with Gasteiger partial charge in [-0.3, -0.25) is 9.69 Å². The van der Waals surface area contributed by atoms with Gasteiger partial charge in [0.05, 0.1) is 0 Å². The van der Waals surface area contributed by atoms with Gasteiger partial charge in [0.1, 0.15) is 0 Å². The van der Waals surface area contributed by atoms with Crippen molar-refractivity contribution in [3.63, 3.8) is 0 Å². The number of rotatable bonds is 3. The van der Waals surface area contributed by atoms with Crippen LogP contribution in [0.15, 0.2) is 35.9 Å². The van der Waals surface area contributed by atoms with Crippen LogP contribution in [0, 0.1) is 0 Å². The van der Waals surface area contributed by atoms with Crippen molar-refractivity contribution in [3.8, 4) is 0 Å². The van der Waals surface area contributed by atoms with Crippen LogP contribution in [-0.2, 0) is 4.79 Å². The summed E-state index contributed by atoms with van der Waals surface area (Å²) in [5, 5.41) is 3.19. The minimum Gasteiger partial charge on any atom is -0.352 e. The summed E-state index contributed by atoms with van der Waals surface area (Å²) >= 11 is 0. The third kappa shape index (κ3) is 3.53. The van der Waals surface area contributed by atoms with Crippen molar-refractivity contribution in [3.05, 3.63) is 41.5 Å². The summed E-state index contributed by atoms with van der Waals surface area (Å²) in [5.74, 6) is 0.237. The standard InChI is InChI=1S/C18H24N2O/c1-14(12-15-6-3-2-4-7-15)13-20-11-10-16-17(20)8-5-9-18(21)19-16/h2-4,6-7,12,16-17H,5,8-11,13H2,1H3,(H,19,21)/b14-12+/t16-,17-/m1/s1. The highest BCUT2D eigenvalue weighted by Gasteiger charge is 2.36. The summed E-state index contributed by atoms with van der Waals surface area (Å²) in [6.07, 6.45) is 6.21. The quantitative estimate of drug-likeness (QED) is 0.925. The maximum Gasteiger partial charge on any atom is 0.220 e. The lowest BCUT2D eigenvalue weighted by molar-refractivity contribution is -0.121. The van der Waals surface area contributed by atoms with E-state index in [1.165, 1.54) is 11.1 Å². The molecule has 3 nitrogen and oxygen atoms in total. The first-order chi connectivity index (χ1) is 10.2. The van der Waals surface area contributed by atoms with Gasteiger partial charge in [0.15, 0.2) is 0 Å². The second-order valence-electron chi connectivity index (χ2n) is 6.29. The molecule has 0 saturated carbocycles. The molecule has 0 aliphatic carbocycles. The van der Waals surface area contributed by atoms with Crippen LogP contribution in [0.5, 0.6) is 0 Å². The Hall–Kier alpha value is -1.61. The first-order valence-electron chi connectivity index (χ1n) is 7.98. The smallest absolute Gasteiger partial charge is 0.220 e. The van der Waals surface area contributed by atoms with Crippen LogP contribution in [0.2, 0.25) is 0 Å². The summed E-state index contributed by atoms with van der Waals surface area (Å²) in [7, 11) is 0. The molecule has 0 radical (unpaired) electrons. The van der Waals surface area contributed by atoms with Crippen molar-refractivity contribution in [2.75, 3.05) is 13.1 Å². The number of carbonyl (C=O) groups excluding carboxylic acids is 1. The molecule has 0 aromatic heterocycles. The van der Waals surface area contributed by atoms with Gasteiger partial charge >= 0.3 is 0 Å². The number of fused-ring (bicyclic) bond motifs is 1. The summed E-state index contributed by atoms with van der Waals surface area (Å²) in [5.41, 5.74) is 2.65. The largest absolute Gasteiger partial charge is 0.352 e. The van der Waals surface area contributed by atoms with E-state index in [1.54, 1.807) is 0 Å². The van der Waals surface area contributed by atoms with Crippen LogP contribution in [0.3, 0.4) is 0 Å². The molecule has 21 heavy (non-hydrogen) atoms. The van der Waals surface area contributed by atoms with Crippen molar-refractivity contribution < 1.29 is 4.79 Å². The molecular weight excluding hydrogens is 260 g/mol. The van der Waals surface area contributed by atoms with Gasteiger partial charge in [0.2, 0.25) is 5.91 Å². The van der Waals surface area contributed by atoms with Gasteiger partial charge in [-0.1, -0.05) is 42.0 Å². The zero-order chi connectivity index (χ0) is 14.7. The Morgan fingerprint density at radius 3 is 2.95 bits per heavy atom. The minimum absolute atomic E-state index is 0.237. The summed E-state index contributed by atoms with van der Waals surface area (Å²) < 4.78 is 0. The number of amides is 1. The van der Waals surface area contributed by atoms with Gasteiger partial charge in [0, 0.05) is 31.6 Å². The first kappa shape index (κ1) is 14.3. The summed E-state index contributed by atoms with van der Waals surface area (Å²) in [6.45, 7) is 4.30. The highest BCUT2D eigenvalue weighted by molar-refractivity contribution is 5.76. The highest BCUT2D eigenvalue weighted by atomic mass is 16.1. The lowest BCUT2D eigenvalue weighted by Gasteiger charge is -2.27. The van der Waals surface area contributed by atoms with Gasteiger partial charge in [-0.2, -0.15) is 0 Å². The third-order valence-corrected chi connectivity index (χ3v) is 4.58. The summed E-state index contributed by atoms with van der Waals surface area (Å²) in [6, 6.07) is 11.4. The predicted molar refractivity (Wildman–Crippen MR) is 85.9 cm³/mol. The topological polar surface area (TPSA) is 32.3 Å². The molecule has 0 unspecified atom stereocenters. The number of likely N-dealkylation sites (tertiary alicyclic amines) is 1. The van der Waals surface area contributed by atoms with Gasteiger partial charge in [0.25, 0.3) is 0 Å². The van der Waals surface area contributed by atoms with Gasteiger partial charge in [-0.25, -0.2) is 0 Å². The summed E-state index contributed by atoms with van der Waals surface area (Å²) in [4.78, 5) is 14.2. The molecule has 0 bridgehead atoms. The third-order valence-electron chi connectivity index (χ3n) is 4.58. The van der Waals surface area contributed by atoms with E-state index >= 15 is 0 Å². The fourth-order valence-corrected chi connectivity index (χ4v) is 3.62. The molecule has 112 valence electrons. The Morgan fingerprint density at radius 2 is 2.14 bits per heavy atom. The van der Waals surface area contributed by atoms with Crippen molar-refractivity contribution in [2.45, 2.75) is 44.7 Å². The van der Waals surface area contributed by atoms with E-state index in [4.69, 9.17) is 0 Å². The number of benzene rings is 1. The molecule has 3 heteroatoms. The maximum absolute atomic E-state index is 11.7. The van der Waals surface area contributed by atoms with Gasteiger partial charge in [-0.05, 0) is 31.7 Å². The number of nitrogens with one attached hydrogen (secondary N) is 1. The molecule has 2 heterocycles. The Labute approximate surface area is 127 Å². The van der Waals surface area contributed by atoms with E-state index in [2.05, 4.69) is 47.5 Å². The van der Waals surface area contributed by atoms with Crippen molar-refractivity contribution in [1.29, 1.82) is 0 Å². The Kier molecular flexibility index (Phi) is 4.39. The van der Waals surface area contributed by atoms with Crippen LogP contribution in [0.25, 0.3) is 6.08 Å². The molecular formula is C18H24N2O. The van der Waals surface area contributed by atoms with E-state index < -0.39 is 0 Å². The molecule has 2 fully saturated rings. The van der Waals surface area contributed by atoms with Crippen LogP contribution < -0.4 is 5.32 Å². The van der Waals surface area contributed by atoms with E-state index in [9.17, 15) is 4.79 Å². The molecule has 1 aromatic carbocycles. The minimum atomic E-state index is 0.237. The molecule has 2 aliphatic rings. The van der Waals surface area contributed by atoms with Crippen molar-refractivity contribution in [1.82, 2.24) is 10.2 Å². The zero-order valence-electron chi connectivity index (χ0n) is 12.7. The molecule has 3 rings (SSSR count). The average molecular weight is 284 g/mol. The van der Waals surface area contributed by atoms with Gasteiger partial charge in [-0.15, -0.1) is 0 Å². The van der Waals surface area contributed by atoms with Gasteiger partial charge < -0.3 is 5.32 Å². The fourth-order valence-electron chi connectivity index (χ4n) is 3.62. The fraction of sp³-hybridized carbons (Fsp3) is 0.500. The monoisotopic (exact) mass is 284 g/mol. The molecule has 2 saturated heterocycles. The molecule has 0 spiro atoms. The van der Waals surface area contributed by atoms with E-state index in [-0.39, 0.29) is 5.91 Å². The number of hydrogen-bond donors (Lipinski definition) is 1.